The van der Waals surface area contributed by atoms with Crippen LogP contribution in [-0.2, 0) is 0 Å². The number of carbonyl (C=O) groups excluding carboxylic acids is 2. The number of ether oxygens (including phenoxy) is 2. The molecule has 0 saturated heterocycles. The number of hydrogen-bond donors (Lipinski definition) is 0. The number of pyridine rings is 1. The van der Waals surface area contributed by atoms with E-state index in [2.05, 4.69) is 4.98 Å². The van der Waals surface area contributed by atoms with E-state index in [0.29, 0.717) is 17.2 Å². The van der Waals surface area contributed by atoms with Crippen molar-refractivity contribution in [2.45, 2.75) is 0 Å². The minimum absolute atomic E-state index is 0.186. The molecular weight excluding hydrogens is 354 g/mol. The van der Waals surface area contributed by atoms with Crippen LogP contribution in [0.25, 0.3) is 0 Å². The van der Waals surface area contributed by atoms with Gasteiger partial charge in [0.2, 0.25) is 11.6 Å². The molecule has 1 heterocycles. The van der Waals surface area contributed by atoms with E-state index in [-0.39, 0.29) is 16.1 Å². The second-order valence-electron chi connectivity index (χ2n) is 5.32. The lowest BCUT2D eigenvalue weighted by Gasteiger charge is -2.09. The number of methoxy groups -OCH3 is 1. The Labute approximate surface area is 155 Å². The molecule has 5 nitrogen and oxygen atoms in total. The molecule has 1 aromatic heterocycles. The molecular formula is C20H14ClNO4. The van der Waals surface area contributed by atoms with E-state index in [1.807, 2.05) is 0 Å². The Morgan fingerprint density at radius 1 is 0.923 bits per heavy atom. The minimum Gasteiger partial charge on any atom is -0.497 e. The van der Waals surface area contributed by atoms with Gasteiger partial charge in [0.1, 0.15) is 17.2 Å². The van der Waals surface area contributed by atoms with Crippen molar-refractivity contribution in [3.63, 3.8) is 0 Å². The maximum atomic E-state index is 12.3. The Balaban J connectivity index is 1.78. The number of hydrogen-bond acceptors (Lipinski definition) is 5. The molecule has 0 aliphatic rings. The molecule has 0 spiro atoms. The summed E-state index contributed by atoms with van der Waals surface area (Å²) < 4.78 is 10.8. The van der Waals surface area contributed by atoms with Crippen LogP contribution in [0.1, 0.15) is 20.7 Å². The van der Waals surface area contributed by atoms with Gasteiger partial charge in [-0.2, -0.15) is 0 Å². The third-order valence-corrected chi connectivity index (χ3v) is 3.91. The largest absolute Gasteiger partial charge is 0.497 e. The lowest BCUT2D eigenvalue weighted by molar-refractivity contribution is 0.0816. The van der Waals surface area contributed by atoms with Gasteiger partial charge in [0.25, 0.3) is 0 Å². The van der Waals surface area contributed by atoms with Crippen molar-refractivity contribution in [2.24, 2.45) is 0 Å². The summed E-state index contributed by atoms with van der Waals surface area (Å²) in [4.78, 5) is 28.4. The van der Waals surface area contributed by atoms with Crippen molar-refractivity contribution < 1.29 is 19.1 Å². The van der Waals surface area contributed by atoms with Crippen LogP contribution >= 0.6 is 11.6 Å². The summed E-state index contributed by atoms with van der Waals surface area (Å²) in [6.45, 7) is 0. The van der Waals surface area contributed by atoms with Gasteiger partial charge in [0.15, 0.2) is 0 Å². The molecule has 130 valence electrons. The topological polar surface area (TPSA) is 65.5 Å². The first-order valence-electron chi connectivity index (χ1n) is 7.69. The highest BCUT2D eigenvalue weighted by molar-refractivity contribution is 6.49. The molecule has 0 aliphatic heterocycles. The minimum atomic E-state index is -0.657. The summed E-state index contributed by atoms with van der Waals surface area (Å²) in [5.41, 5.74) is 0.415. The fraction of sp³-hybridized carbons (Fsp3) is 0.0500. The molecule has 0 N–H and O–H groups in total. The summed E-state index contributed by atoms with van der Waals surface area (Å²) >= 11 is 6.21. The van der Waals surface area contributed by atoms with Gasteiger partial charge in [-0.25, -0.2) is 0 Å². The maximum Gasteiger partial charge on any atom is 0.235 e. The van der Waals surface area contributed by atoms with E-state index < -0.39 is 11.6 Å². The molecule has 0 fully saturated rings. The second-order valence-corrected chi connectivity index (χ2v) is 5.73. The van der Waals surface area contributed by atoms with Crippen LogP contribution in [0.5, 0.6) is 17.2 Å². The molecule has 3 aromatic rings. The van der Waals surface area contributed by atoms with Crippen LogP contribution in [0.2, 0.25) is 5.02 Å². The number of benzene rings is 2. The zero-order valence-electron chi connectivity index (χ0n) is 13.8. The average molecular weight is 368 g/mol. The van der Waals surface area contributed by atoms with Gasteiger partial charge in [-0.1, -0.05) is 11.6 Å². The van der Waals surface area contributed by atoms with Crippen molar-refractivity contribution >= 4 is 23.2 Å². The van der Waals surface area contributed by atoms with E-state index in [1.54, 1.807) is 43.5 Å². The number of nitrogens with zero attached hydrogens (tertiary/aromatic N) is 1. The maximum absolute atomic E-state index is 12.3. The van der Waals surface area contributed by atoms with Gasteiger partial charge in [-0.3, -0.25) is 14.6 Å². The molecule has 3 rings (SSSR count). The zero-order valence-corrected chi connectivity index (χ0v) is 14.6. The van der Waals surface area contributed by atoms with Gasteiger partial charge in [0.05, 0.1) is 12.1 Å². The SMILES string of the molecule is COc1ccc(Oc2ccc(C(=O)C(=O)c3cccnc3)cc2Cl)cc1. The molecule has 0 atom stereocenters. The third-order valence-electron chi connectivity index (χ3n) is 3.61. The van der Waals surface area contributed by atoms with E-state index >= 15 is 0 Å². The highest BCUT2D eigenvalue weighted by Crippen LogP contribution is 2.31. The first-order valence-corrected chi connectivity index (χ1v) is 8.07. The van der Waals surface area contributed by atoms with E-state index in [4.69, 9.17) is 21.1 Å². The summed E-state index contributed by atoms with van der Waals surface area (Å²) in [5, 5.41) is 0.227. The number of aromatic nitrogens is 1. The summed E-state index contributed by atoms with van der Waals surface area (Å²) in [5.74, 6) is 0.354. The van der Waals surface area contributed by atoms with Gasteiger partial charge < -0.3 is 9.47 Å². The van der Waals surface area contributed by atoms with E-state index in [9.17, 15) is 9.59 Å². The Morgan fingerprint density at radius 3 is 2.23 bits per heavy atom. The number of carbonyl (C=O) groups is 2. The van der Waals surface area contributed by atoms with E-state index in [0.717, 1.165) is 0 Å². The Bertz CT molecular complexity index is 940. The van der Waals surface area contributed by atoms with Gasteiger partial charge in [-0.15, -0.1) is 0 Å². The predicted molar refractivity (Wildman–Crippen MR) is 97.4 cm³/mol. The van der Waals surface area contributed by atoms with Crippen LogP contribution in [0.15, 0.2) is 67.0 Å². The number of Topliss-reactive ketones (excluding diaryl/α,β-unsaturated/α-hetero) is 2. The number of rotatable bonds is 6. The molecule has 2 aromatic carbocycles. The molecule has 26 heavy (non-hydrogen) atoms. The van der Waals surface area contributed by atoms with Gasteiger partial charge in [-0.05, 0) is 54.6 Å². The predicted octanol–water partition coefficient (Wildman–Crippen LogP) is 4.60. The van der Waals surface area contributed by atoms with Crippen molar-refractivity contribution in [3.05, 3.63) is 83.1 Å². The van der Waals surface area contributed by atoms with Crippen LogP contribution in [0, 0.1) is 0 Å². The Morgan fingerprint density at radius 2 is 1.62 bits per heavy atom. The standard InChI is InChI=1S/C20H14ClNO4/c1-25-15-5-7-16(8-6-15)26-18-9-4-13(11-17(18)21)19(23)20(24)14-3-2-10-22-12-14/h2-12H,1H3. The molecule has 0 amide bonds. The van der Waals surface area contributed by atoms with Crippen LogP contribution in [0.4, 0.5) is 0 Å². The quantitative estimate of drug-likeness (QED) is 0.470. The lowest BCUT2D eigenvalue weighted by atomic mass is 10.0. The third kappa shape index (κ3) is 3.90. The smallest absolute Gasteiger partial charge is 0.235 e. The molecule has 0 saturated carbocycles. The first-order chi connectivity index (χ1) is 12.6. The highest BCUT2D eigenvalue weighted by Gasteiger charge is 2.19. The van der Waals surface area contributed by atoms with E-state index in [1.165, 1.54) is 30.6 Å². The number of halogens is 1. The Kier molecular flexibility index (Phi) is 5.29. The average Bonchev–Trinajstić information content (AvgIpc) is 2.69. The lowest BCUT2D eigenvalue weighted by Crippen LogP contribution is -2.14. The normalized spacial score (nSPS) is 10.2. The first kappa shape index (κ1) is 17.6. The molecule has 0 unspecified atom stereocenters. The molecule has 0 radical (unpaired) electrons. The highest BCUT2D eigenvalue weighted by atomic mass is 35.5. The fourth-order valence-corrected chi connectivity index (χ4v) is 2.47. The van der Waals surface area contributed by atoms with Gasteiger partial charge in [0, 0.05) is 23.5 Å². The van der Waals surface area contributed by atoms with Crippen molar-refractivity contribution in [1.82, 2.24) is 4.98 Å². The second kappa shape index (κ2) is 7.80. The van der Waals surface area contributed by atoms with Crippen LogP contribution < -0.4 is 9.47 Å². The van der Waals surface area contributed by atoms with Crippen molar-refractivity contribution in [1.29, 1.82) is 0 Å². The summed E-state index contributed by atoms with van der Waals surface area (Å²) in [6.07, 6.45) is 2.88. The van der Waals surface area contributed by atoms with Crippen LogP contribution in [-0.4, -0.2) is 23.7 Å². The summed E-state index contributed by atoms with van der Waals surface area (Å²) in [6, 6.07) is 14.6. The molecule has 6 heteroatoms. The van der Waals surface area contributed by atoms with Crippen LogP contribution in [0.3, 0.4) is 0 Å². The monoisotopic (exact) mass is 367 g/mol. The summed E-state index contributed by atoms with van der Waals surface area (Å²) in [7, 11) is 1.58. The fourth-order valence-electron chi connectivity index (χ4n) is 2.25. The number of ketones is 2. The van der Waals surface area contributed by atoms with Crippen molar-refractivity contribution in [2.75, 3.05) is 7.11 Å². The zero-order chi connectivity index (χ0) is 18.5. The molecule has 0 bridgehead atoms. The van der Waals surface area contributed by atoms with Crippen molar-refractivity contribution in [3.8, 4) is 17.2 Å². The van der Waals surface area contributed by atoms with Gasteiger partial charge >= 0.3 is 0 Å². The Hall–Kier alpha value is -3.18. The molecule has 0 aliphatic carbocycles.